The third-order valence-corrected chi connectivity index (χ3v) is 4.52. The van der Waals surface area contributed by atoms with Gasteiger partial charge in [0.15, 0.2) is 0 Å². The summed E-state index contributed by atoms with van der Waals surface area (Å²) >= 11 is 0. The minimum absolute atomic E-state index is 0.122. The Morgan fingerprint density at radius 1 is 1.21 bits per heavy atom. The second-order valence-corrected chi connectivity index (χ2v) is 7.78. The summed E-state index contributed by atoms with van der Waals surface area (Å²) in [6.45, 7) is 6.04. The van der Waals surface area contributed by atoms with Crippen LogP contribution in [0.2, 0.25) is 0 Å². The molecule has 1 aromatic carbocycles. The Labute approximate surface area is 164 Å². The van der Waals surface area contributed by atoms with E-state index in [1.807, 2.05) is 30.3 Å². The molecular weight excluding hydrogens is 366 g/mol. The molecule has 0 saturated carbocycles. The number of benzene rings is 1. The molecule has 1 aliphatic heterocycles. The van der Waals surface area contributed by atoms with Crippen molar-refractivity contribution < 1.29 is 33.7 Å². The van der Waals surface area contributed by atoms with E-state index >= 15 is 0 Å². The number of hydrogen-bond donors (Lipinski definition) is 1. The number of ether oxygens (including phenoxy) is 3. The van der Waals surface area contributed by atoms with Crippen molar-refractivity contribution in [2.45, 2.75) is 51.5 Å². The first-order chi connectivity index (χ1) is 13.0. The van der Waals surface area contributed by atoms with Crippen LogP contribution in [0, 0.1) is 5.92 Å². The minimum Gasteiger partial charge on any atom is -0.467 e. The Bertz CT molecular complexity index is 728. The van der Waals surface area contributed by atoms with E-state index in [0.717, 1.165) is 12.7 Å². The van der Waals surface area contributed by atoms with E-state index in [9.17, 15) is 19.5 Å². The second kappa shape index (κ2) is 8.28. The first kappa shape index (κ1) is 21.8. The van der Waals surface area contributed by atoms with Gasteiger partial charge in [-0.05, 0) is 26.3 Å². The molecule has 0 aliphatic carbocycles. The fourth-order valence-electron chi connectivity index (χ4n) is 3.14. The van der Waals surface area contributed by atoms with Gasteiger partial charge in [0.25, 0.3) is 0 Å². The van der Waals surface area contributed by atoms with Crippen LogP contribution in [0.3, 0.4) is 0 Å². The van der Waals surface area contributed by atoms with Gasteiger partial charge in [0, 0.05) is 0 Å². The Morgan fingerprint density at radius 3 is 2.36 bits per heavy atom. The highest BCUT2D eigenvalue weighted by molar-refractivity contribution is 6.04. The summed E-state index contributed by atoms with van der Waals surface area (Å²) in [6.07, 6.45) is -2.54. The number of aliphatic hydroxyl groups excluding tert-OH is 1. The number of hydrogen-bond acceptors (Lipinski definition) is 7. The van der Waals surface area contributed by atoms with Crippen LogP contribution >= 0.6 is 0 Å². The molecule has 1 aromatic rings. The quantitative estimate of drug-likeness (QED) is 0.762. The lowest BCUT2D eigenvalue weighted by Gasteiger charge is -2.36. The molecule has 0 aromatic heterocycles. The van der Waals surface area contributed by atoms with Gasteiger partial charge < -0.3 is 19.3 Å². The van der Waals surface area contributed by atoms with E-state index in [0.29, 0.717) is 4.90 Å². The number of carbonyl (C=O) groups excluding carboxylic acids is 3. The molecule has 1 fully saturated rings. The molecule has 28 heavy (non-hydrogen) atoms. The molecular formula is C20H27NO7. The van der Waals surface area contributed by atoms with Crippen LogP contribution in [-0.4, -0.2) is 58.9 Å². The maximum atomic E-state index is 12.7. The monoisotopic (exact) mass is 393 g/mol. The van der Waals surface area contributed by atoms with Gasteiger partial charge in [-0.15, -0.1) is 0 Å². The van der Waals surface area contributed by atoms with Gasteiger partial charge in [-0.1, -0.05) is 37.3 Å². The van der Waals surface area contributed by atoms with Crippen LogP contribution in [-0.2, 0) is 30.4 Å². The van der Waals surface area contributed by atoms with Crippen molar-refractivity contribution in [1.29, 1.82) is 0 Å². The SMILES string of the molecule is COC(=O)[C@@]1(COCc2ccccc2)[C@@H](O)[C@@H](C)C(=O)N1C(=O)OC(C)(C)C. The van der Waals surface area contributed by atoms with Gasteiger partial charge in [0.05, 0.1) is 26.2 Å². The molecule has 8 nitrogen and oxygen atoms in total. The van der Waals surface area contributed by atoms with Gasteiger partial charge in [-0.2, -0.15) is 0 Å². The summed E-state index contributed by atoms with van der Waals surface area (Å²) in [5.41, 5.74) is -2.10. The number of carbonyl (C=O) groups is 3. The predicted molar refractivity (Wildman–Crippen MR) is 99.1 cm³/mol. The minimum atomic E-state index is -2.03. The first-order valence-electron chi connectivity index (χ1n) is 9.00. The lowest BCUT2D eigenvalue weighted by atomic mass is 9.90. The average Bonchev–Trinajstić information content (AvgIpc) is 2.82. The Balaban J connectivity index is 2.36. The van der Waals surface area contributed by atoms with Crippen molar-refractivity contribution in [1.82, 2.24) is 4.90 Å². The number of amides is 2. The standard InChI is InChI=1S/C20H27NO7/c1-13-15(22)20(17(24)26-5,12-27-11-14-9-7-6-8-10-14)21(16(13)23)18(25)28-19(2,3)4/h6-10,13,15,22H,11-12H2,1-5H3/t13-,15+,20-/m1/s1. The van der Waals surface area contributed by atoms with Crippen molar-refractivity contribution in [3.8, 4) is 0 Å². The first-order valence-corrected chi connectivity index (χ1v) is 9.00. The summed E-state index contributed by atoms with van der Waals surface area (Å²) in [4.78, 5) is 38.8. The van der Waals surface area contributed by atoms with E-state index < -0.39 is 47.7 Å². The summed E-state index contributed by atoms with van der Waals surface area (Å²) in [6, 6.07) is 9.17. The van der Waals surface area contributed by atoms with E-state index in [-0.39, 0.29) is 6.61 Å². The molecule has 2 amide bonds. The maximum Gasteiger partial charge on any atom is 0.418 e. The fourth-order valence-corrected chi connectivity index (χ4v) is 3.14. The van der Waals surface area contributed by atoms with Gasteiger partial charge in [0.2, 0.25) is 11.4 Å². The lowest BCUT2D eigenvalue weighted by Crippen LogP contribution is -2.63. The summed E-state index contributed by atoms with van der Waals surface area (Å²) in [7, 11) is 1.12. The van der Waals surface area contributed by atoms with Crippen LogP contribution in [0.15, 0.2) is 30.3 Å². The molecule has 154 valence electrons. The van der Waals surface area contributed by atoms with Gasteiger partial charge >= 0.3 is 12.1 Å². The summed E-state index contributed by atoms with van der Waals surface area (Å²) in [5.74, 6) is -2.68. The fraction of sp³-hybridized carbons (Fsp3) is 0.550. The van der Waals surface area contributed by atoms with Gasteiger partial charge in [-0.3, -0.25) is 4.79 Å². The zero-order valence-electron chi connectivity index (χ0n) is 16.8. The predicted octanol–water partition coefficient (Wildman–Crippen LogP) is 1.89. The highest BCUT2D eigenvalue weighted by Gasteiger charge is 2.65. The molecule has 0 spiro atoms. The number of methoxy groups -OCH3 is 1. The van der Waals surface area contributed by atoms with E-state index in [1.54, 1.807) is 20.8 Å². The van der Waals surface area contributed by atoms with Gasteiger partial charge in [0.1, 0.15) is 11.7 Å². The number of aliphatic hydroxyl groups is 1. The van der Waals surface area contributed by atoms with Crippen LogP contribution in [0.25, 0.3) is 0 Å². The second-order valence-electron chi connectivity index (χ2n) is 7.78. The summed E-state index contributed by atoms with van der Waals surface area (Å²) < 4.78 is 15.8. The third-order valence-electron chi connectivity index (χ3n) is 4.52. The van der Waals surface area contributed by atoms with E-state index in [4.69, 9.17) is 14.2 Å². The Morgan fingerprint density at radius 2 is 1.82 bits per heavy atom. The highest BCUT2D eigenvalue weighted by atomic mass is 16.6. The number of likely N-dealkylation sites (tertiary alicyclic amines) is 1. The molecule has 3 atom stereocenters. The Kier molecular flexibility index (Phi) is 6.46. The number of imide groups is 1. The molecule has 0 radical (unpaired) electrons. The van der Waals surface area contributed by atoms with Gasteiger partial charge in [-0.25, -0.2) is 14.5 Å². The molecule has 0 bridgehead atoms. The Hall–Kier alpha value is -2.45. The van der Waals surface area contributed by atoms with Crippen molar-refractivity contribution in [2.75, 3.05) is 13.7 Å². The zero-order chi connectivity index (χ0) is 21.1. The van der Waals surface area contributed by atoms with Crippen LogP contribution in [0.4, 0.5) is 4.79 Å². The van der Waals surface area contributed by atoms with Crippen LogP contribution in [0.1, 0.15) is 33.3 Å². The van der Waals surface area contributed by atoms with E-state index in [1.165, 1.54) is 6.92 Å². The molecule has 1 saturated heterocycles. The molecule has 1 heterocycles. The number of rotatable bonds is 5. The molecule has 1 N–H and O–H groups in total. The van der Waals surface area contributed by atoms with Crippen molar-refractivity contribution in [2.24, 2.45) is 5.92 Å². The highest BCUT2D eigenvalue weighted by Crippen LogP contribution is 2.37. The van der Waals surface area contributed by atoms with Crippen molar-refractivity contribution >= 4 is 18.0 Å². The number of esters is 1. The molecule has 1 aliphatic rings. The summed E-state index contributed by atoms with van der Waals surface area (Å²) in [5, 5.41) is 10.7. The normalized spacial score (nSPS) is 24.9. The van der Waals surface area contributed by atoms with Crippen LogP contribution in [0.5, 0.6) is 0 Å². The smallest absolute Gasteiger partial charge is 0.418 e. The number of nitrogens with zero attached hydrogens (tertiary/aromatic N) is 1. The van der Waals surface area contributed by atoms with Crippen molar-refractivity contribution in [3.63, 3.8) is 0 Å². The molecule has 0 unspecified atom stereocenters. The maximum absolute atomic E-state index is 12.7. The average molecular weight is 393 g/mol. The van der Waals surface area contributed by atoms with Crippen LogP contribution < -0.4 is 0 Å². The largest absolute Gasteiger partial charge is 0.467 e. The zero-order valence-corrected chi connectivity index (χ0v) is 16.8. The molecule has 8 heteroatoms. The lowest BCUT2D eigenvalue weighted by molar-refractivity contribution is -0.167. The van der Waals surface area contributed by atoms with E-state index in [2.05, 4.69) is 0 Å². The van der Waals surface area contributed by atoms with Crippen molar-refractivity contribution in [3.05, 3.63) is 35.9 Å². The topological polar surface area (TPSA) is 102 Å². The third kappa shape index (κ3) is 4.18. The molecule has 2 rings (SSSR count).